The summed E-state index contributed by atoms with van der Waals surface area (Å²) in [5, 5.41) is 0.391. The number of aromatic nitrogens is 2. The van der Waals surface area contributed by atoms with Crippen LogP contribution < -0.4 is 0 Å². The summed E-state index contributed by atoms with van der Waals surface area (Å²) in [6, 6.07) is 5.03. The molecule has 92 valence electrons. The normalized spacial score (nSPS) is 10.4. The topological polar surface area (TPSA) is 42.9 Å². The van der Waals surface area contributed by atoms with Crippen LogP contribution >= 0.6 is 11.6 Å². The smallest absolute Gasteiger partial charge is 0.196 e. The first-order valence-electron chi connectivity index (χ1n) is 5.29. The summed E-state index contributed by atoms with van der Waals surface area (Å²) in [5.41, 5.74) is 1.90. The molecule has 1 heterocycles. The van der Waals surface area contributed by atoms with Crippen LogP contribution in [0.25, 0.3) is 11.1 Å². The predicted molar refractivity (Wildman–Crippen MR) is 67.3 cm³/mol. The second kappa shape index (κ2) is 5.23. The van der Waals surface area contributed by atoms with Gasteiger partial charge < -0.3 is 0 Å². The molecular formula is C13H10ClFN2O. The first-order chi connectivity index (χ1) is 8.61. The zero-order valence-corrected chi connectivity index (χ0v) is 10.4. The summed E-state index contributed by atoms with van der Waals surface area (Å²) in [7, 11) is 0. The summed E-state index contributed by atoms with van der Waals surface area (Å²) >= 11 is 5.83. The molecule has 0 bridgehead atoms. The number of Topliss-reactive ketones (excluding diaryl/α,β-unsaturated/α-hetero) is 1. The van der Waals surface area contributed by atoms with Gasteiger partial charge >= 0.3 is 0 Å². The number of ketones is 1. The Kier molecular flexibility index (Phi) is 3.67. The Morgan fingerprint density at radius 2 is 1.94 bits per heavy atom. The van der Waals surface area contributed by atoms with Gasteiger partial charge in [-0.05, 0) is 17.7 Å². The van der Waals surface area contributed by atoms with Gasteiger partial charge in [-0.25, -0.2) is 14.4 Å². The van der Waals surface area contributed by atoms with E-state index >= 15 is 0 Å². The van der Waals surface area contributed by atoms with E-state index in [1.807, 2.05) is 0 Å². The third-order valence-corrected chi connectivity index (χ3v) is 2.86. The molecule has 0 amide bonds. The highest BCUT2D eigenvalue weighted by atomic mass is 35.5. The number of hydrogen-bond acceptors (Lipinski definition) is 3. The van der Waals surface area contributed by atoms with Crippen molar-refractivity contribution in [2.45, 2.75) is 13.6 Å². The standard InChI is InChI=1S/C13H10ClFN2O/c1-8(18)13-16-6-11(7-17-13)9-2-3-12(14)10(4-9)5-15/h2-4,6-7H,5H2,1H3. The number of hydrogen-bond donors (Lipinski definition) is 0. The van der Waals surface area contributed by atoms with Crippen molar-refractivity contribution in [3.8, 4) is 11.1 Å². The first kappa shape index (κ1) is 12.6. The van der Waals surface area contributed by atoms with Crippen molar-refractivity contribution in [1.82, 2.24) is 9.97 Å². The maximum atomic E-state index is 12.7. The van der Waals surface area contributed by atoms with E-state index in [2.05, 4.69) is 9.97 Å². The maximum absolute atomic E-state index is 12.7. The van der Waals surface area contributed by atoms with Crippen LogP contribution in [0.3, 0.4) is 0 Å². The number of alkyl halides is 1. The summed E-state index contributed by atoms with van der Waals surface area (Å²) in [5.74, 6) is -0.0273. The molecule has 5 heteroatoms. The first-order valence-corrected chi connectivity index (χ1v) is 5.67. The van der Waals surface area contributed by atoms with Gasteiger partial charge in [0.25, 0.3) is 0 Å². The lowest BCUT2D eigenvalue weighted by molar-refractivity contribution is 0.100. The molecule has 1 aromatic heterocycles. The van der Waals surface area contributed by atoms with E-state index in [9.17, 15) is 9.18 Å². The molecular weight excluding hydrogens is 255 g/mol. The fraction of sp³-hybridized carbons (Fsp3) is 0.154. The van der Waals surface area contributed by atoms with Crippen molar-refractivity contribution in [2.75, 3.05) is 0 Å². The van der Waals surface area contributed by atoms with Crippen LogP contribution in [0.15, 0.2) is 30.6 Å². The second-order valence-electron chi connectivity index (χ2n) is 3.79. The third kappa shape index (κ3) is 2.54. The minimum Gasteiger partial charge on any atom is -0.291 e. The van der Waals surface area contributed by atoms with Gasteiger partial charge in [0.1, 0.15) is 6.67 Å². The zero-order valence-electron chi connectivity index (χ0n) is 9.65. The molecule has 1 aromatic carbocycles. The molecule has 0 radical (unpaired) electrons. The molecule has 0 unspecified atom stereocenters. The van der Waals surface area contributed by atoms with Crippen LogP contribution in [-0.2, 0) is 6.67 Å². The minimum absolute atomic E-state index is 0.165. The van der Waals surface area contributed by atoms with E-state index in [0.717, 1.165) is 5.56 Å². The van der Waals surface area contributed by atoms with Crippen LogP contribution in [-0.4, -0.2) is 15.8 Å². The molecule has 0 aliphatic rings. The quantitative estimate of drug-likeness (QED) is 0.797. The Balaban J connectivity index is 2.39. The van der Waals surface area contributed by atoms with Gasteiger partial charge in [0, 0.05) is 35.5 Å². The van der Waals surface area contributed by atoms with Gasteiger partial charge in [-0.15, -0.1) is 0 Å². The Labute approximate surface area is 109 Å². The third-order valence-electron chi connectivity index (χ3n) is 2.49. The van der Waals surface area contributed by atoms with Gasteiger partial charge in [-0.2, -0.15) is 0 Å². The number of nitrogens with zero attached hydrogens (tertiary/aromatic N) is 2. The van der Waals surface area contributed by atoms with Gasteiger partial charge in [0.05, 0.1) is 0 Å². The maximum Gasteiger partial charge on any atom is 0.196 e. The monoisotopic (exact) mass is 264 g/mol. The summed E-state index contributed by atoms with van der Waals surface area (Å²) in [6.07, 6.45) is 3.07. The highest BCUT2D eigenvalue weighted by Gasteiger charge is 2.06. The fourth-order valence-electron chi connectivity index (χ4n) is 1.52. The molecule has 2 rings (SSSR count). The number of carbonyl (C=O) groups excluding carboxylic acids is 1. The van der Waals surface area contributed by atoms with Crippen molar-refractivity contribution >= 4 is 17.4 Å². The highest BCUT2D eigenvalue weighted by molar-refractivity contribution is 6.31. The SMILES string of the molecule is CC(=O)c1ncc(-c2ccc(Cl)c(CF)c2)cn1. The van der Waals surface area contributed by atoms with E-state index < -0.39 is 6.67 Å². The lowest BCUT2D eigenvalue weighted by atomic mass is 10.1. The van der Waals surface area contributed by atoms with E-state index in [1.54, 1.807) is 18.2 Å². The number of rotatable bonds is 3. The molecule has 0 spiro atoms. The van der Waals surface area contributed by atoms with Gasteiger partial charge in [-0.3, -0.25) is 4.79 Å². The average Bonchev–Trinajstić information content (AvgIpc) is 2.39. The summed E-state index contributed by atoms with van der Waals surface area (Å²) < 4.78 is 12.7. The molecule has 0 aliphatic heterocycles. The number of carbonyl (C=O) groups is 1. The van der Waals surface area contributed by atoms with Crippen LogP contribution in [0.5, 0.6) is 0 Å². The molecule has 0 fully saturated rings. The predicted octanol–water partition coefficient (Wildman–Crippen LogP) is 3.47. The molecule has 0 aliphatic carbocycles. The Morgan fingerprint density at radius 3 is 2.50 bits per heavy atom. The van der Waals surface area contributed by atoms with Crippen molar-refractivity contribution in [2.24, 2.45) is 0 Å². The second-order valence-corrected chi connectivity index (χ2v) is 4.20. The van der Waals surface area contributed by atoms with Gasteiger partial charge in [0.2, 0.25) is 0 Å². The van der Waals surface area contributed by atoms with Crippen LogP contribution in [0.2, 0.25) is 5.02 Å². The molecule has 0 saturated heterocycles. The molecule has 18 heavy (non-hydrogen) atoms. The van der Waals surface area contributed by atoms with Gasteiger partial charge in [0.15, 0.2) is 11.6 Å². The Hall–Kier alpha value is -1.81. The van der Waals surface area contributed by atoms with Crippen molar-refractivity contribution < 1.29 is 9.18 Å². The highest BCUT2D eigenvalue weighted by Crippen LogP contribution is 2.25. The van der Waals surface area contributed by atoms with Crippen LogP contribution in [0, 0.1) is 0 Å². The molecule has 0 atom stereocenters. The number of benzene rings is 1. The van der Waals surface area contributed by atoms with Crippen LogP contribution in [0.1, 0.15) is 23.1 Å². The molecule has 3 nitrogen and oxygen atoms in total. The van der Waals surface area contributed by atoms with E-state index in [1.165, 1.54) is 19.3 Å². The molecule has 0 N–H and O–H groups in total. The lowest BCUT2D eigenvalue weighted by Gasteiger charge is -2.05. The minimum atomic E-state index is -0.626. The van der Waals surface area contributed by atoms with Crippen molar-refractivity contribution in [3.05, 3.63) is 47.0 Å². The molecule has 0 saturated carbocycles. The van der Waals surface area contributed by atoms with Gasteiger partial charge in [-0.1, -0.05) is 17.7 Å². The summed E-state index contributed by atoms with van der Waals surface area (Å²) in [6.45, 7) is 0.775. The van der Waals surface area contributed by atoms with Crippen molar-refractivity contribution in [3.63, 3.8) is 0 Å². The lowest BCUT2D eigenvalue weighted by Crippen LogP contribution is -2.00. The fourth-order valence-corrected chi connectivity index (χ4v) is 1.68. The zero-order chi connectivity index (χ0) is 13.1. The van der Waals surface area contributed by atoms with E-state index in [0.29, 0.717) is 16.1 Å². The Morgan fingerprint density at radius 1 is 1.28 bits per heavy atom. The largest absolute Gasteiger partial charge is 0.291 e. The van der Waals surface area contributed by atoms with Crippen LogP contribution in [0.4, 0.5) is 4.39 Å². The van der Waals surface area contributed by atoms with E-state index in [-0.39, 0.29) is 11.6 Å². The molecule has 2 aromatic rings. The average molecular weight is 265 g/mol. The summed E-state index contributed by atoms with van der Waals surface area (Å²) in [4.78, 5) is 18.9. The van der Waals surface area contributed by atoms with Crippen molar-refractivity contribution in [1.29, 1.82) is 0 Å². The number of halogens is 2. The Bertz CT molecular complexity index is 584. The van der Waals surface area contributed by atoms with E-state index in [4.69, 9.17) is 11.6 Å².